The lowest BCUT2D eigenvalue weighted by atomic mass is 10.2. The van der Waals surface area contributed by atoms with E-state index in [0.29, 0.717) is 36.1 Å². The number of halogens is 1. The second kappa shape index (κ2) is 5.25. The Morgan fingerprint density at radius 3 is 2.80 bits per heavy atom. The first-order valence-corrected chi connectivity index (χ1v) is 6.85. The third-order valence-electron chi connectivity index (χ3n) is 3.42. The van der Waals surface area contributed by atoms with Crippen LogP contribution in [0.1, 0.15) is 36.2 Å². The zero-order valence-corrected chi connectivity index (χ0v) is 11.8. The van der Waals surface area contributed by atoms with Gasteiger partial charge in [0, 0.05) is 18.0 Å². The monoisotopic (exact) mass is 291 g/mol. The molecule has 0 radical (unpaired) electrons. The van der Waals surface area contributed by atoms with Crippen LogP contribution in [-0.2, 0) is 11.3 Å². The fraction of sp³-hybridized carbons (Fsp3) is 0.357. The molecule has 1 aromatic heterocycles. The van der Waals surface area contributed by atoms with Crippen LogP contribution in [0.5, 0.6) is 0 Å². The Balaban J connectivity index is 1.82. The average Bonchev–Trinajstić information content (AvgIpc) is 3.00. The minimum Gasteiger partial charge on any atom is -0.337 e. The van der Waals surface area contributed by atoms with E-state index in [-0.39, 0.29) is 11.9 Å². The fourth-order valence-corrected chi connectivity index (χ4v) is 2.55. The van der Waals surface area contributed by atoms with Crippen molar-refractivity contribution in [2.24, 2.45) is 0 Å². The summed E-state index contributed by atoms with van der Waals surface area (Å²) < 4.78 is 5.21. The summed E-state index contributed by atoms with van der Waals surface area (Å²) in [5.74, 6) is 1.22. The van der Waals surface area contributed by atoms with Gasteiger partial charge < -0.3 is 9.42 Å². The van der Waals surface area contributed by atoms with Crippen LogP contribution in [0.15, 0.2) is 28.8 Å². The van der Waals surface area contributed by atoms with Crippen molar-refractivity contribution < 1.29 is 9.32 Å². The maximum Gasteiger partial charge on any atom is 0.249 e. The lowest BCUT2D eigenvalue weighted by Crippen LogP contribution is -2.27. The Hall–Kier alpha value is -1.88. The van der Waals surface area contributed by atoms with E-state index in [1.807, 2.05) is 24.3 Å². The smallest absolute Gasteiger partial charge is 0.249 e. The Bertz CT molecular complexity index is 624. The molecule has 5 nitrogen and oxygen atoms in total. The van der Waals surface area contributed by atoms with Gasteiger partial charge in [0.1, 0.15) is 6.04 Å². The van der Waals surface area contributed by atoms with Gasteiger partial charge in [-0.15, -0.1) is 0 Å². The molecule has 2 heterocycles. The van der Waals surface area contributed by atoms with Crippen molar-refractivity contribution in [2.75, 3.05) is 0 Å². The van der Waals surface area contributed by atoms with Crippen LogP contribution >= 0.6 is 11.6 Å². The number of carbonyl (C=O) groups is 1. The summed E-state index contributed by atoms with van der Waals surface area (Å²) in [5.41, 5.74) is 1.03. The Morgan fingerprint density at radius 2 is 2.15 bits per heavy atom. The van der Waals surface area contributed by atoms with Crippen molar-refractivity contribution in [3.8, 4) is 0 Å². The fourth-order valence-electron chi connectivity index (χ4n) is 2.42. The average molecular weight is 292 g/mol. The molecule has 0 aliphatic carbocycles. The molecule has 104 valence electrons. The zero-order valence-electron chi connectivity index (χ0n) is 11.0. The molecule has 1 aromatic carbocycles. The highest BCUT2D eigenvalue weighted by Crippen LogP contribution is 2.33. The third-order valence-corrected chi connectivity index (χ3v) is 3.67. The molecule has 1 saturated heterocycles. The maximum atomic E-state index is 12.0. The number of nitrogens with zero attached hydrogens (tertiary/aromatic N) is 3. The summed E-state index contributed by atoms with van der Waals surface area (Å²) in [7, 11) is 0. The van der Waals surface area contributed by atoms with Gasteiger partial charge in [-0.1, -0.05) is 28.9 Å². The van der Waals surface area contributed by atoms with Crippen LogP contribution in [0.3, 0.4) is 0 Å². The van der Waals surface area contributed by atoms with Crippen LogP contribution < -0.4 is 0 Å². The molecule has 1 aliphatic rings. The molecule has 20 heavy (non-hydrogen) atoms. The molecule has 3 rings (SSSR count). The van der Waals surface area contributed by atoms with Crippen molar-refractivity contribution >= 4 is 17.5 Å². The molecule has 1 unspecified atom stereocenters. The topological polar surface area (TPSA) is 59.2 Å². The Labute approximate surface area is 121 Å². The third kappa shape index (κ3) is 2.54. The van der Waals surface area contributed by atoms with E-state index in [1.165, 1.54) is 0 Å². The molecule has 0 spiro atoms. The number of benzene rings is 1. The first kappa shape index (κ1) is 13.1. The second-order valence-corrected chi connectivity index (χ2v) is 5.32. The van der Waals surface area contributed by atoms with E-state index in [4.69, 9.17) is 16.1 Å². The Kier molecular flexibility index (Phi) is 3.44. The number of amides is 1. The van der Waals surface area contributed by atoms with Crippen molar-refractivity contribution in [1.29, 1.82) is 0 Å². The first-order chi connectivity index (χ1) is 9.63. The number of rotatable bonds is 3. The van der Waals surface area contributed by atoms with Gasteiger partial charge in [-0.05, 0) is 31.0 Å². The SMILES string of the molecule is Cc1noc(C2CCC(=O)N2Cc2ccc(Cl)cc2)n1. The molecule has 1 amide bonds. The van der Waals surface area contributed by atoms with Crippen LogP contribution in [-0.4, -0.2) is 20.9 Å². The summed E-state index contributed by atoms with van der Waals surface area (Å²) in [5, 5.41) is 4.48. The molecule has 1 aliphatic heterocycles. The van der Waals surface area contributed by atoms with Crippen molar-refractivity contribution in [3.05, 3.63) is 46.6 Å². The minimum absolute atomic E-state index is 0.112. The van der Waals surface area contributed by atoms with Crippen molar-refractivity contribution in [3.63, 3.8) is 0 Å². The highest BCUT2D eigenvalue weighted by atomic mass is 35.5. The number of hydrogen-bond acceptors (Lipinski definition) is 4. The minimum atomic E-state index is -0.126. The van der Waals surface area contributed by atoms with E-state index in [1.54, 1.807) is 11.8 Å². The molecular weight excluding hydrogens is 278 g/mol. The number of hydrogen-bond donors (Lipinski definition) is 0. The van der Waals surface area contributed by atoms with Gasteiger partial charge in [-0.3, -0.25) is 4.79 Å². The summed E-state index contributed by atoms with van der Waals surface area (Å²) in [4.78, 5) is 18.1. The molecule has 1 atom stereocenters. The van der Waals surface area contributed by atoms with Crippen LogP contribution in [0.4, 0.5) is 0 Å². The molecule has 1 fully saturated rings. The van der Waals surface area contributed by atoms with Gasteiger partial charge in [-0.2, -0.15) is 4.98 Å². The van der Waals surface area contributed by atoms with Crippen LogP contribution in [0.25, 0.3) is 0 Å². The maximum absolute atomic E-state index is 12.0. The van der Waals surface area contributed by atoms with Gasteiger partial charge in [0.15, 0.2) is 5.82 Å². The summed E-state index contributed by atoms with van der Waals surface area (Å²) >= 11 is 5.87. The Morgan fingerprint density at radius 1 is 1.40 bits per heavy atom. The standard InChI is InChI=1S/C14H14ClN3O2/c1-9-16-14(20-17-9)12-6-7-13(19)18(12)8-10-2-4-11(15)5-3-10/h2-5,12H,6-8H2,1H3. The highest BCUT2D eigenvalue weighted by molar-refractivity contribution is 6.30. The van der Waals surface area contributed by atoms with Gasteiger partial charge >= 0.3 is 0 Å². The number of aryl methyl sites for hydroxylation is 1. The largest absolute Gasteiger partial charge is 0.337 e. The van der Waals surface area contributed by atoms with E-state index < -0.39 is 0 Å². The van der Waals surface area contributed by atoms with E-state index in [0.717, 1.165) is 5.56 Å². The van der Waals surface area contributed by atoms with Crippen molar-refractivity contribution in [1.82, 2.24) is 15.0 Å². The predicted octanol–water partition coefficient (Wildman–Crippen LogP) is 2.90. The molecule has 0 saturated carbocycles. The number of carbonyl (C=O) groups excluding carboxylic acids is 1. The van der Waals surface area contributed by atoms with Crippen LogP contribution in [0.2, 0.25) is 5.02 Å². The second-order valence-electron chi connectivity index (χ2n) is 4.88. The summed E-state index contributed by atoms with van der Waals surface area (Å²) in [6.45, 7) is 2.30. The van der Waals surface area contributed by atoms with Crippen molar-refractivity contribution in [2.45, 2.75) is 32.4 Å². The molecular formula is C14H14ClN3O2. The highest BCUT2D eigenvalue weighted by Gasteiger charge is 2.35. The summed E-state index contributed by atoms with van der Waals surface area (Å²) in [6, 6.07) is 7.36. The molecule has 0 bridgehead atoms. The quantitative estimate of drug-likeness (QED) is 0.872. The zero-order chi connectivity index (χ0) is 14.1. The van der Waals surface area contributed by atoms with Crippen LogP contribution in [0, 0.1) is 6.92 Å². The van der Waals surface area contributed by atoms with E-state index in [2.05, 4.69) is 10.1 Å². The first-order valence-electron chi connectivity index (χ1n) is 6.47. The molecule has 6 heteroatoms. The van der Waals surface area contributed by atoms with Gasteiger partial charge in [0.05, 0.1) is 0 Å². The van der Waals surface area contributed by atoms with E-state index in [9.17, 15) is 4.79 Å². The van der Waals surface area contributed by atoms with Gasteiger partial charge in [-0.25, -0.2) is 0 Å². The lowest BCUT2D eigenvalue weighted by Gasteiger charge is -2.22. The predicted molar refractivity (Wildman–Crippen MR) is 73.0 cm³/mol. The summed E-state index contributed by atoms with van der Waals surface area (Å²) in [6.07, 6.45) is 1.23. The lowest BCUT2D eigenvalue weighted by molar-refractivity contribution is -0.129. The normalized spacial score (nSPS) is 18.8. The van der Waals surface area contributed by atoms with E-state index >= 15 is 0 Å². The molecule has 0 N–H and O–H groups in total. The van der Waals surface area contributed by atoms with Gasteiger partial charge in [0.25, 0.3) is 0 Å². The van der Waals surface area contributed by atoms with Gasteiger partial charge in [0.2, 0.25) is 11.8 Å². The number of aromatic nitrogens is 2. The number of likely N-dealkylation sites (tertiary alicyclic amines) is 1. The molecule has 2 aromatic rings.